The van der Waals surface area contributed by atoms with E-state index in [2.05, 4.69) is 45.9 Å². The number of phenols is 1. The minimum atomic E-state index is -0.0404. The zero-order chi connectivity index (χ0) is 16.6. The third kappa shape index (κ3) is 1.92. The Morgan fingerprint density at radius 1 is 0.783 bits per heavy atom. The maximum absolute atomic E-state index is 10.1. The highest BCUT2D eigenvalue weighted by Gasteiger charge is 2.56. The summed E-state index contributed by atoms with van der Waals surface area (Å²) in [6.45, 7) is 9.27. The highest BCUT2D eigenvalue weighted by molar-refractivity contribution is 6.30. The van der Waals surface area contributed by atoms with Crippen molar-refractivity contribution in [2.45, 2.75) is 56.8 Å². The topological polar surface area (TPSA) is 20.2 Å². The molecule has 2 aliphatic rings. The van der Waals surface area contributed by atoms with E-state index in [1.54, 1.807) is 0 Å². The van der Waals surface area contributed by atoms with E-state index in [4.69, 9.17) is 11.6 Å². The smallest absolute Gasteiger partial charge is 0.115 e. The van der Waals surface area contributed by atoms with Crippen LogP contribution in [0.2, 0.25) is 5.02 Å². The van der Waals surface area contributed by atoms with Gasteiger partial charge in [0.2, 0.25) is 0 Å². The maximum Gasteiger partial charge on any atom is 0.115 e. The minimum absolute atomic E-state index is 0.0404. The normalized spacial score (nSPS) is 26.3. The molecule has 0 fully saturated rings. The number of phenolic OH excluding ortho intramolecular Hbond substituents is 1. The van der Waals surface area contributed by atoms with Crippen molar-refractivity contribution in [2.75, 3.05) is 0 Å². The van der Waals surface area contributed by atoms with Crippen molar-refractivity contribution >= 4 is 11.6 Å². The van der Waals surface area contributed by atoms with Crippen LogP contribution in [-0.2, 0) is 16.2 Å². The lowest BCUT2D eigenvalue weighted by molar-refractivity contribution is 0.349. The molecule has 1 N–H and O–H groups in total. The van der Waals surface area contributed by atoms with Crippen molar-refractivity contribution in [1.29, 1.82) is 0 Å². The van der Waals surface area contributed by atoms with Crippen LogP contribution in [0, 0.1) is 0 Å². The van der Waals surface area contributed by atoms with Gasteiger partial charge >= 0.3 is 0 Å². The number of hydrogen-bond donors (Lipinski definition) is 1. The van der Waals surface area contributed by atoms with E-state index in [1.807, 2.05) is 18.2 Å². The van der Waals surface area contributed by atoms with Gasteiger partial charge in [0.15, 0.2) is 0 Å². The Morgan fingerprint density at radius 3 is 1.91 bits per heavy atom. The lowest BCUT2D eigenvalue weighted by Gasteiger charge is -2.30. The molecule has 0 saturated heterocycles. The molecule has 23 heavy (non-hydrogen) atoms. The molecule has 2 heteroatoms. The van der Waals surface area contributed by atoms with Gasteiger partial charge in [0.25, 0.3) is 0 Å². The summed E-state index contributed by atoms with van der Waals surface area (Å²) in [5.74, 6) is 0.356. The van der Waals surface area contributed by atoms with E-state index in [1.165, 1.54) is 22.3 Å². The summed E-state index contributed by atoms with van der Waals surface area (Å²) in [6.07, 6.45) is 2.13. The van der Waals surface area contributed by atoms with Crippen LogP contribution < -0.4 is 0 Å². The highest BCUT2D eigenvalue weighted by Crippen LogP contribution is 2.63. The van der Waals surface area contributed by atoms with Crippen molar-refractivity contribution < 1.29 is 5.11 Å². The molecular formula is C21H23ClO. The maximum atomic E-state index is 10.1. The lowest BCUT2D eigenvalue weighted by Crippen LogP contribution is -2.26. The largest absolute Gasteiger partial charge is 0.508 e. The summed E-state index contributed by atoms with van der Waals surface area (Å²) in [4.78, 5) is 0. The van der Waals surface area contributed by atoms with E-state index in [0.29, 0.717) is 5.75 Å². The van der Waals surface area contributed by atoms with E-state index < -0.39 is 0 Å². The molecule has 0 amide bonds. The average Bonchev–Trinajstić information content (AvgIpc) is 2.78. The Hall–Kier alpha value is -1.47. The molecule has 1 atom stereocenters. The molecule has 0 aromatic heterocycles. The summed E-state index contributed by atoms with van der Waals surface area (Å²) in [7, 11) is 0. The lowest BCUT2D eigenvalue weighted by atomic mass is 9.72. The molecule has 2 aliphatic carbocycles. The third-order valence-electron chi connectivity index (χ3n) is 5.96. The molecule has 0 saturated carbocycles. The van der Waals surface area contributed by atoms with Crippen LogP contribution in [0.5, 0.6) is 5.75 Å². The molecule has 2 aromatic rings. The van der Waals surface area contributed by atoms with Gasteiger partial charge in [-0.25, -0.2) is 0 Å². The predicted molar refractivity (Wildman–Crippen MR) is 95.6 cm³/mol. The first kappa shape index (κ1) is 15.1. The first-order valence-electron chi connectivity index (χ1n) is 8.30. The zero-order valence-electron chi connectivity index (χ0n) is 14.2. The Balaban J connectivity index is 2.06. The van der Waals surface area contributed by atoms with Crippen LogP contribution in [-0.4, -0.2) is 5.11 Å². The fraction of sp³-hybridized carbons (Fsp3) is 0.429. The van der Waals surface area contributed by atoms with Crippen LogP contribution in [0.25, 0.3) is 0 Å². The van der Waals surface area contributed by atoms with Crippen LogP contribution in [0.15, 0.2) is 36.4 Å². The molecule has 120 valence electrons. The number of halogens is 1. The molecular weight excluding hydrogens is 304 g/mol. The van der Waals surface area contributed by atoms with Gasteiger partial charge in [0.1, 0.15) is 5.75 Å². The van der Waals surface area contributed by atoms with Gasteiger partial charge in [0.05, 0.1) is 0 Å². The van der Waals surface area contributed by atoms with Gasteiger partial charge in [-0.15, -0.1) is 0 Å². The molecule has 1 nitrogen and oxygen atoms in total. The van der Waals surface area contributed by atoms with Crippen LogP contribution >= 0.6 is 11.6 Å². The molecule has 2 aromatic carbocycles. The quantitative estimate of drug-likeness (QED) is 0.659. The van der Waals surface area contributed by atoms with Crippen LogP contribution in [0.4, 0.5) is 0 Å². The van der Waals surface area contributed by atoms with Crippen molar-refractivity contribution in [3.8, 4) is 5.75 Å². The summed E-state index contributed by atoms with van der Waals surface area (Å²) in [6, 6.07) is 12.3. The molecule has 0 radical (unpaired) electrons. The van der Waals surface area contributed by atoms with E-state index >= 15 is 0 Å². The Kier molecular flexibility index (Phi) is 2.84. The minimum Gasteiger partial charge on any atom is -0.508 e. The summed E-state index contributed by atoms with van der Waals surface area (Å²) in [5.41, 5.74) is 5.57. The van der Waals surface area contributed by atoms with Crippen LogP contribution in [0.3, 0.4) is 0 Å². The predicted octanol–water partition coefficient (Wildman–Crippen LogP) is 5.69. The average molecular weight is 327 g/mol. The van der Waals surface area contributed by atoms with Crippen molar-refractivity contribution in [1.82, 2.24) is 0 Å². The Bertz CT molecular complexity index is 747. The number of aromatic hydroxyl groups is 1. The van der Waals surface area contributed by atoms with Gasteiger partial charge in [-0.05, 0) is 70.2 Å². The molecule has 1 unspecified atom stereocenters. The fourth-order valence-electron chi connectivity index (χ4n) is 5.31. The number of fused-ring (bicyclic) bond motifs is 4. The number of hydrogen-bond acceptors (Lipinski definition) is 1. The van der Waals surface area contributed by atoms with Gasteiger partial charge in [-0.2, -0.15) is 0 Å². The van der Waals surface area contributed by atoms with Crippen molar-refractivity contribution in [3.05, 3.63) is 63.7 Å². The second-order valence-electron chi connectivity index (χ2n) is 8.62. The van der Waals surface area contributed by atoms with Crippen LogP contribution in [0.1, 0.15) is 62.8 Å². The first-order chi connectivity index (χ1) is 10.7. The molecule has 4 rings (SSSR count). The SMILES string of the molecule is CC1(C)CC2(CC(C)(C)c3ccc(Cl)cc32)c2cc(O)ccc21. The molecule has 0 heterocycles. The zero-order valence-corrected chi connectivity index (χ0v) is 15.0. The Morgan fingerprint density at radius 2 is 1.30 bits per heavy atom. The first-order valence-corrected chi connectivity index (χ1v) is 8.68. The fourth-order valence-corrected chi connectivity index (χ4v) is 5.48. The molecule has 0 aliphatic heterocycles. The highest BCUT2D eigenvalue weighted by atomic mass is 35.5. The van der Waals surface area contributed by atoms with Gasteiger partial charge in [-0.3, -0.25) is 0 Å². The second-order valence-corrected chi connectivity index (χ2v) is 9.06. The van der Waals surface area contributed by atoms with Gasteiger partial charge in [0, 0.05) is 10.4 Å². The second kappa shape index (κ2) is 4.33. The van der Waals surface area contributed by atoms with Gasteiger partial charge in [-0.1, -0.05) is 51.4 Å². The van der Waals surface area contributed by atoms with E-state index in [0.717, 1.165) is 17.9 Å². The monoisotopic (exact) mass is 326 g/mol. The summed E-state index contributed by atoms with van der Waals surface area (Å²) < 4.78 is 0. The molecule has 1 spiro atoms. The van der Waals surface area contributed by atoms with E-state index in [-0.39, 0.29) is 16.2 Å². The standard InChI is InChI=1S/C21H23ClO/c1-19(2)11-21(17-9-13(22)5-7-15(17)19)12-20(3,4)16-8-6-14(23)10-18(16)21/h5-10,23H,11-12H2,1-4H3. The van der Waals surface area contributed by atoms with Crippen molar-refractivity contribution in [2.24, 2.45) is 0 Å². The van der Waals surface area contributed by atoms with E-state index in [9.17, 15) is 5.11 Å². The summed E-state index contributed by atoms with van der Waals surface area (Å²) in [5, 5.41) is 10.9. The molecule has 0 bridgehead atoms. The third-order valence-corrected chi connectivity index (χ3v) is 6.20. The van der Waals surface area contributed by atoms with Gasteiger partial charge < -0.3 is 5.11 Å². The number of rotatable bonds is 0. The van der Waals surface area contributed by atoms with Crippen molar-refractivity contribution in [3.63, 3.8) is 0 Å². The number of benzene rings is 2. The summed E-state index contributed by atoms with van der Waals surface area (Å²) >= 11 is 6.36. The Labute approximate surface area is 143 Å².